The fraction of sp³-hybridized carbons (Fsp3) is 0.409. The molecule has 2 heterocycles. The molecular weight excluding hydrogens is 383 g/mol. The molecule has 1 aliphatic rings. The Hall–Kier alpha value is -2.71. The van der Waals surface area contributed by atoms with Crippen LogP contribution in [0.3, 0.4) is 0 Å². The normalized spacial score (nSPS) is 15.0. The van der Waals surface area contributed by atoms with E-state index in [1.807, 2.05) is 33.8 Å². The zero-order valence-corrected chi connectivity index (χ0v) is 18.3. The summed E-state index contributed by atoms with van der Waals surface area (Å²) in [6.07, 6.45) is 9.61. The number of nitrogens with zero attached hydrogens (tertiary/aromatic N) is 2. The highest BCUT2D eigenvalue weighted by Gasteiger charge is 2.22. The van der Waals surface area contributed by atoms with Crippen LogP contribution in [0.2, 0.25) is 0 Å². The van der Waals surface area contributed by atoms with Crippen molar-refractivity contribution in [3.63, 3.8) is 0 Å². The van der Waals surface area contributed by atoms with Gasteiger partial charge in [0.05, 0.1) is 18.0 Å². The molecule has 0 saturated heterocycles. The summed E-state index contributed by atoms with van der Waals surface area (Å²) in [4.78, 5) is 29.2. The smallest absolute Gasteiger partial charge is 0.462 e. The second kappa shape index (κ2) is 12.8. The topological polar surface area (TPSA) is 102 Å². The zero-order chi connectivity index (χ0) is 22.7. The summed E-state index contributed by atoms with van der Waals surface area (Å²) < 4.78 is 6.72. The zero-order valence-electron chi connectivity index (χ0n) is 18.3. The predicted octanol–water partition coefficient (Wildman–Crippen LogP) is 3.46. The van der Waals surface area contributed by atoms with Crippen LogP contribution in [0.25, 0.3) is 11.0 Å². The first kappa shape index (κ1) is 25.3. The maximum absolute atomic E-state index is 12.7. The van der Waals surface area contributed by atoms with Gasteiger partial charge >= 0.3 is 13.1 Å². The molecule has 0 saturated carbocycles. The number of hydrogen-bond donors (Lipinski definition) is 2. The monoisotopic (exact) mass is 414 g/mol. The minimum absolute atomic E-state index is 0.0657. The molecule has 2 aromatic heterocycles. The molecule has 1 atom stereocenters. The van der Waals surface area contributed by atoms with E-state index >= 15 is 0 Å². The number of ether oxygens (including phenoxy) is 1. The van der Waals surface area contributed by atoms with Crippen molar-refractivity contribution in [2.75, 3.05) is 6.61 Å². The van der Waals surface area contributed by atoms with Crippen LogP contribution in [0.5, 0.6) is 0 Å². The standard InChI is InChI=1S/C18H19BN2O5.2C2H6/c1-2-26-18(23)15-11-21(17-14(16(15)22)8-5-9-20-17)13-7-4-3-6-12(10-13)19(24)25;2*1-2/h3,5-6,8-11,13,24-25H,2,4,7H2,1H3;2*1-2H3. The minimum Gasteiger partial charge on any atom is -0.462 e. The van der Waals surface area contributed by atoms with Crippen LogP contribution in [0.1, 0.15) is 63.9 Å². The van der Waals surface area contributed by atoms with E-state index in [2.05, 4.69) is 4.98 Å². The van der Waals surface area contributed by atoms with Crippen molar-refractivity contribution >= 4 is 24.1 Å². The molecule has 0 amide bonds. The Labute approximate surface area is 177 Å². The van der Waals surface area contributed by atoms with Crippen LogP contribution in [-0.4, -0.2) is 39.3 Å². The van der Waals surface area contributed by atoms with Crippen LogP contribution in [0, 0.1) is 0 Å². The molecule has 30 heavy (non-hydrogen) atoms. The second-order valence-electron chi connectivity index (χ2n) is 5.96. The van der Waals surface area contributed by atoms with Gasteiger partial charge in [0.25, 0.3) is 0 Å². The van der Waals surface area contributed by atoms with Gasteiger partial charge in [-0.25, -0.2) is 9.78 Å². The van der Waals surface area contributed by atoms with E-state index in [4.69, 9.17) is 4.74 Å². The Balaban J connectivity index is 0.00000106. The summed E-state index contributed by atoms with van der Waals surface area (Å²) in [5.74, 6) is -0.685. The Morgan fingerprint density at radius 2 is 2.00 bits per heavy atom. The van der Waals surface area contributed by atoms with Gasteiger partial charge in [-0.2, -0.15) is 0 Å². The lowest BCUT2D eigenvalue weighted by atomic mass is 9.78. The predicted molar refractivity (Wildman–Crippen MR) is 120 cm³/mol. The molecular formula is C22H31BN2O5. The van der Waals surface area contributed by atoms with Gasteiger partial charge in [0.1, 0.15) is 11.2 Å². The quantitative estimate of drug-likeness (QED) is 0.587. The van der Waals surface area contributed by atoms with Crippen molar-refractivity contribution in [3.05, 3.63) is 64.0 Å². The third-order valence-electron chi connectivity index (χ3n) is 4.26. The van der Waals surface area contributed by atoms with E-state index in [9.17, 15) is 19.6 Å². The molecule has 162 valence electrons. The molecule has 1 aliphatic carbocycles. The molecule has 0 bridgehead atoms. The van der Waals surface area contributed by atoms with E-state index in [0.29, 0.717) is 29.3 Å². The molecule has 2 N–H and O–H groups in total. The van der Waals surface area contributed by atoms with Gasteiger partial charge in [0, 0.05) is 12.4 Å². The largest absolute Gasteiger partial charge is 0.488 e. The van der Waals surface area contributed by atoms with E-state index in [1.54, 1.807) is 42.0 Å². The fourth-order valence-electron chi connectivity index (χ4n) is 3.03. The Bertz CT molecular complexity index is 950. The van der Waals surface area contributed by atoms with Gasteiger partial charge in [-0.05, 0) is 37.4 Å². The molecule has 2 aromatic rings. The molecule has 0 radical (unpaired) electrons. The van der Waals surface area contributed by atoms with Gasteiger partial charge in [-0.1, -0.05) is 45.9 Å². The lowest BCUT2D eigenvalue weighted by Crippen LogP contribution is -2.23. The molecule has 7 nitrogen and oxygen atoms in total. The summed E-state index contributed by atoms with van der Waals surface area (Å²) in [5.41, 5.74) is 0.290. The highest BCUT2D eigenvalue weighted by molar-refractivity contribution is 6.51. The summed E-state index contributed by atoms with van der Waals surface area (Å²) in [5, 5.41) is 19.4. The summed E-state index contributed by atoms with van der Waals surface area (Å²) in [6.45, 7) is 9.84. The van der Waals surface area contributed by atoms with Gasteiger partial charge in [-0.3, -0.25) is 4.79 Å². The Morgan fingerprint density at radius 3 is 2.63 bits per heavy atom. The highest BCUT2D eigenvalue weighted by Crippen LogP contribution is 2.25. The molecule has 8 heteroatoms. The number of pyridine rings is 2. The van der Waals surface area contributed by atoms with Crippen molar-refractivity contribution < 1.29 is 19.6 Å². The lowest BCUT2D eigenvalue weighted by Gasteiger charge is -2.20. The van der Waals surface area contributed by atoms with Gasteiger partial charge in [-0.15, -0.1) is 0 Å². The number of hydrogen-bond acceptors (Lipinski definition) is 6. The van der Waals surface area contributed by atoms with Crippen LogP contribution in [0.4, 0.5) is 0 Å². The number of fused-ring (bicyclic) bond motifs is 1. The Morgan fingerprint density at radius 1 is 1.30 bits per heavy atom. The highest BCUT2D eigenvalue weighted by atomic mass is 16.5. The first-order valence-electron chi connectivity index (χ1n) is 10.4. The van der Waals surface area contributed by atoms with Crippen molar-refractivity contribution in [1.82, 2.24) is 9.55 Å². The summed E-state index contributed by atoms with van der Waals surface area (Å²) >= 11 is 0. The van der Waals surface area contributed by atoms with Crippen molar-refractivity contribution in [1.29, 1.82) is 0 Å². The summed E-state index contributed by atoms with van der Waals surface area (Å²) in [6, 6.07) is 2.95. The SMILES string of the molecule is CC.CC.CCOC(=O)c1cn(C2C=C(B(O)O)C=CCC2)c2ncccc2c1=O. The molecule has 0 spiro atoms. The molecule has 0 aliphatic heterocycles. The van der Waals surface area contributed by atoms with Crippen molar-refractivity contribution in [3.8, 4) is 0 Å². The van der Waals surface area contributed by atoms with Gasteiger partial charge in [0.15, 0.2) is 0 Å². The van der Waals surface area contributed by atoms with E-state index in [1.165, 1.54) is 6.20 Å². The van der Waals surface area contributed by atoms with Crippen LogP contribution >= 0.6 is 0 Å². The van der Waals surface area contributed by atoms with Crippen LogP contribution in [0.15, 0.2) is 53.0 Å². The number of allylic oxidation sites excluding steroid dienone is 4. The Kier molecular flexibility index (Phi) is 10.8. The number of carbonyl (C=O) groups excluding carboxylic acids is 1. The maximum Gasteiger partial charge on any atom is 0.488 e. The third-order valence-corrected chi connectivity index (χ3v) is 4.26. The van der Waals surface area contributed by atoms with Gasteiger partial charge in [0.2, 0.25) is 5.43 Å². The lowest BCUT2D eigenvalue weighted by molar-refractivity contribution is 0.0524. The molecule has 3 rings (SSSR count). The van der Waals surface area contributed by atoms with E-state index < -0.39 is 18.5 Å². The van der Waals surface area contributed by atoms with Crippen LogP contribution < -0.4 is 5.43 Å². The first-order chi connectivity index (χ1) is 14.5. The van der Waals surface area contributed by atoms with Crippen LogP contribution in [-0.2, 0) is 4.74 Å². The first-order valence-corrected chi connectivity index (χ1v) is 10.4. The fourth-order valence-corrected chi connectivity index (χ4v) is 3.03. The molecule has 1 unspecified atom stereocenters. The molecule has 0 aromatic carbocycles. The maximum atomic E-state index is 12.7. The number of rotatable bonds is 4. The average molecular weight is 414 g/mol. The number of carbonyl (C=O) groups is 1. The minimum atomic E-state index is -1.60. The third kappa shape index (κ3) is 5.90. The average Bonchev–Trinajstić information content (AvgIpc) is 3.04. The van der Waals surface area contributed by atoms with Gasteiger partial charge < -0.3 is 19.4 Å². The second-order valence-corrected chi connectivity index (χ2v) is 5.96. The van der Waals surface area contributed by atoms with E-state index in [-0.39, 0.29) is 18.2 Å². The molecule has 0 fully saturated rings. The summed E-state index contributed by atoms with van der Waals surface area (Å²) in [7, 11) is -1.60. The van der Waals surface area contributed by atoms with Crippen molar-refractivity contribution in [2.24, 2.45) is 0 Å². The number of esters is 1. The van der Waals surface area contributed by atoms with Crippen molar-refractivity contribution in [2.45, 2.75) is 53.5 Å². The number of aromatic nitrogens is 2. The van der Waals surface area contributed by atoms with E-state index in [0.717, 1.165) is 0 Å².